The standard InChI is InChI=1S/C27H31BrN4O5/c1-17-25(37-16-30-17)15-36-24-6-5-19-11-32(8-7-23(19)26(24)28)12-22(33)10-29-27(34)18-3-2-4-20(9-18)31-21-13-35-14-21/h2-6,9,16,21-22,31,33H,7-8,10-15H2,1H3,(H,29,34)/t22-/m0/s1. The van der Waals surface area contributed by atoms with E-state index < -0.39 is 6.10 Å². The van der Waals surface area contributed by atoms with E-state index in [0.717, 1.165) is 41.1 Å². The number of carbonyl (C=O) groups excluding carboxylic acids is 1. The summed E-state index contributed by atoms with van der Waals surface area (Å²) < 4.78 is 17.5. The third-order valence-corrected chi connectivity index (χ3v) is 7.55. The molecule has 1 aromatic heterocycles. The second-order valence-electron chi connectivity index (χ2n) is 9.47. The minimum absolute atomic E-state index is 0.188. The van der Waals surface area contributed by atoms with E-state index in [1.54, 1.807) is 6.07 Å². The summed E-state index contributed by atoms with van der Waals surface area (Å²) in [6.07, 6.45) is 1.58. The normalized spacial score (nSPS) is 16.5. The van der Waals surface area contributed by atoms with Gasteiger partial charge in [-0.05, 0) is 64.7 Å². The first kappa shape index (κ1) is 25.7. The molecule has 0 radical (unpaired) electrons. The largest absolute Gasteiger partial charge is 0.484 e. The predicted octanol–water partition coefficient (Wildman–Crippen LogP) is 3.28. The molecule has 5 rings (SSSR count). The van der Waals surface area contributed by atoms with E-state index >= 15 is 0 Å². The molecule has 0 saturated carbocycles. The number of aliphatic hydroxyl groups excluding tert-OH is 1. The number of nitrogens with one attached hydrogen (secondary N) is 2. The van der Waals surface area contributed by atoms with Crippen LogP contribution in [0, 0.1) is 6.92 Å². The molecular weight excluding hydrogens is 540 g/mol. The van der Waals surface area contributed by atoms with Crippen molar-refractivity contribution >= 4 is 27.5 Å². The zero-order chi connectivity index (χ0) is 25.8. The Labute approximate surface area is 224 Å². The number of halogens is 1. The molecule has 0 aliphatic carbocycles. The number of benzene rings is 2. The average molecular weight is 571 g/mol. The lowest BCUT2D eigenvalue weighted by molar-refractivity contribution is 0.0211. The van der Waals surface area contributed by atoms with E-state index in [1.165, 1.54) is 17.5 Å². The number of amides is 1. The van der Waals surface area contributed by atoms with Crippen molar-refractivity contribution in [1.29, 1.82) is 0 Å². The maximum atomic E-state index is 12.6. The number of oxazole rings is 1. The molecule has 196 valence electrons. The van der Waals surface area contributed by atoms with Crippen molar-refractivity contribution in [3.05, 3.63) is 75.4 Å². The number of aliphatic hydroxyl groups is 1. The number of rotatable bonds is 10. The zero-order valence-electron chi connectivity index (χ0n) is 20.7. The number of aromatic nitrogens is 1. The highest BCUT2D eigenvalue weighted by molar-refractivity contribution is 9.10. The van der Waals surface area contributed by atoms with Gasteiger partial charge in [0.15, 0.2) is 12.2 Å². The van der Waals surface area contributed by atoms with Gasteiger partial charge in [0.2, 0.25) is 0 Å². The maximum absolute atomic E-state index is 12.6. The van der Waals surface area contributed by atoms with Crippen molar-refractivity contribution in [2.24, 2.45) is 0 Å². The van der Waals surface area contributed by atoms with E-state index in [4.69, 9.17) is 13.9 Å². The van der Waals surface area contributed by atoms with E-state index in [1.807, 2.05) is 31.2 Å². The molecule has 2 aromatic carbocycles. The number of β-amino-alcohol motifs (C(OH)–C–C–N with tert-alkyl or cyclic N) is 1. The van der Waals surface area contributed by atoms with Crippen LogP contribution >= 0.6 is 15.9 Å². The summed E-state index contributed by atoms with van der Waals surface area (Å²) in [6, 6.07) is 11.7. The Kier molecular flexibility index (Phi) is 8.09. The summed E-state index contributed by atoms with van der Waals surface area (Å²) in [5.41, 5.74) is 4.68. The SMILES string of the molecule is Cc1ncoc1COc1ccc2c(c1Br)CCN(C[C@@H](O)CNC(=O)c1cccc(NC3COC3)c1)C2. The summed E-state index contributed by atoms with van der Waals surface area (Å²) in [4.78, 5) is 18.9. The molecule has 1 atom stereocenters. The fourth-order valence-electron chi connectivity index (χ4n) is 4.50. The van der Waals surface area contributed by atoms with Crippen LogP contribution in [0.5, 0.6) is 5.75 Å². The van der Waals surface area contributed by atoms with Crippen molar-refractivity contribution in [1.82, 2.24) is 15.2 Å². The molecule has 1 amide bonds. The Morgan fingerprint density at radius 3 is 2.95 bits per heavy atom. The Morgan fingerprint density at radius 2 is 2.19 bits per heavy atom. The highest BCUT2D eigenvalue weighted by Gasteiger charge is 2.23. The van der Waals surface area contributed by atoms with Gasteiger partial charge in [-0.1, -0.05) is 12.1 Å². The van der Waals surface area contributed by atoms with Crippen molar-refractivity contribution < 1.29 is 23.8 Å². The summed E-state index contributed by atoms with van der Waals surface area (Å²) >= 11 is 3.71. The Bertz CT molecular complexity index is 1250. The fraction of sp³-hybridized carbons (Fsp3) is 0.407. The van der Waals surface area contributed by atoms with E-state index in [9.17, 15) is 9.90 Å². The molecule has 0 unspecified atom stereocenters. The number of ether oxygens (including phenoxy) is 2. The van der Waals surface area contributed by atoms with Crippen LogP contribution in [0.4, 0.5) is 5.69 Å². The van der Waals surface area contributed by atoms with Crippen molar-refractivity contribution in [2.75, 3.05) is 38.2 Å². The van der Waals surface area contributed by atoms with Gasteiger partial charge >= 0.3 is 0 Å². The second-order valence-corrected chi connectivity index (χ2v) is 10.3. The maximum Gasteiger partial charge on any atom is 0.251 e. The van der Waals surface area contributed by atoms with Crippen LogP contribution in [0.3, 0.4) is 0 Å². The quantitative estimate of drug-likeness (QED) is 0.341. The first-order valence-electron chi connectivity index (χ1n) is 12.4. The number of fused-ring (bicyclic) bond motifs is 1. The van der Waals surface area contributed by atoms with Crippen LogP contribution in [0.2, 0.25) is 0 Å². The summed E-state index contributed by atoms with van der Waals surface area (Å²) in [6.45, 7) is 5.76. The van der Waals surface area contributed by atoms with Gasteiger partial charge in [0.05, 0.1) is 35.5 Å². The molecule has 0 bridgehead atoms. The highest BCUT2D eigenvalue weighted by atomic mass is 79.9. The average Bonchev–Trinajstić information content (AvgIpc) is 3.29. The fourth-order valence-corrected chi connectivity index (χ4v) is 5.20. The number of aryl methyl sites for hydroxylation is 1. The molecule has 3 aromatic rings. The van der Waals surface area contributed by atoms with E-state index in [2.05, 4.69) is 42.5 Å². The van der Waals surface area contributed by atoms with Crippen LogP contribution in [0.25, 0.3) is 0 Å². The van der Waals surface area contributed by atoms with Gasteiger partial charge in [0.1, 0.15) is 12.4 Å². The number of hydrogen-bond acceptors (Lipinski definition) is 8. The number of carbonyl (C=O) groups is 1. The highest BCUT2D eigenvalue weighted by Crippen LogP contribution is 2.35. The first-order chi connectivity index (χ1) is 18.0. The lowest BCUT2D eigenvalue weighted by Crippen LogP contribution is -2.42. The second kappa shape index (κ2) is 11.6. The molecule has 2 aliphatic heterocycles. The van der Waals surface area contributed by atoms with Crippen LogP contribution in [-0.4, -0.2) is 65.9 Å². The molecule has 1 saturated heterocycles. The third-order valence-electron chi connectivity index (χ3n) is 6.68. The molecule has 3 heterocycles. The van der Waals surface area contributed by atoms with Gasteiger partial charge in [0.25, 0.3) is 5.91 Å². The van der Waals surface area contributed by atoms with Crippen molar-refractivity contribution in [3.63, 3.8) is 0 Å². The molecule has 2 aliphatic rings. The lowest BCUT2D eigenvalue weighted by atomic mass is 9.99. The van der Waals surface area contributed by atoms with E-state index in [-0.39, 0.29) is 18.5 Å². The van der Waals surface area contributed by atoms with E-state index in [0.29, 0.717) is 37.7 Å². The topological polar surface area (TPSA) is 109 Å². The molecule has 9 nitrogen and oxygen atoms in total. The van der Waals surface area contributed by atoms with Gasteiger partial charge in [-0.2, -0.15) is 0 Å². The lowest BCUT2D eigenvalue weighted by Gasteiger charge is -2.31. The molecule has 3 N–H and O–H groups in total. The predicted molar refractivity (Wildman–Crippen MR) is 142 cm³/mol. The van der Waals surface area contributed by atoms with Crippen LogP contribution in [0.1, 0.15) is 32.9 Å². The smallest absolute Gasteiger partial charge is 0.251 e. The number of anilines is 1. The van der Waals surface area contributed by atoms with Crippen molar-refractivity contribution in [3.8, 4) is 5.75 Å². The molecule has 37 heavy (non-hydrogen) atoms. The molecule has 1 fully saturated rings. The van der Waals surface area contributed by atoms with Crippen LogP contribution in [-0.2, 0) is 24.3 Å². The van der Waals surface area contributed by atoms with Gasteiger partial charge in [-0.25, -0.2) is 4.98 Å². The Balaban J connectivity index is 1.10. The van der Waals surface area contributed by atoms with Gasteiger partial charge in [-0.3, -0.25) is 9.69 Å². The number of nitrogens with zero attached hydrogens (tertiary/aromatic N) is 2. The Hall–Kier alpha value is -2.92. The summed E-state index contributed by atoms with van der Waals surface area (Å²) in [7, 11) is 0. The van der Waals surface area contributed by atoms with Gasteiger partial charge < -0.3 is 29.6 Å². The Morgan fingerprint density at radius 1 is 1.32 bits per heavy atom. The third kappa shape index (κ3) is 6.32. The molecule has 0 spiro atoms. The zero-order valence-corrected chi connectivity index (χ0v) is 22.3. The van der Waals surface area contributed by atoms with Crippen LogP contribution in [0.15, 0.2) is 51.7 Å². The minimum atomic E-state index is -0.671. The summed E-state index contributed by atoms with van der Waals surface area (Å²) in [5, 5.41) is 16.8. The monoisotopic (exact) mass is 570 g/mol. The van der Waals surface area contributed by atoms with Gasteiger partial charge in [0, 0.05) is 37.4 Å². The van der Waals surface area contributed by atoms with Gasteiger partial charge in [-0.15, -0.1) is 0 Å². The minimum Gasteiger partial charge on any atom is -0.484 e. The summed E-state index contributed by atoms with van der Waals surface area (Å²) in [5.74, 6) is 1.28. The van der Waals surface area contributed by atoms with Crippen LogP contribution < -0.4 is 15.4 Å². The molecular formula is C27H31BrN4O5. The van der Waals surface area contributed by atoms with Crippen molar-refractivity contribution in [2.45, 2.75) is 38.6 Å². The molecule has 10 heteroatoms. The first-order valence-corrected chi connectivity index (χ1v) is 13.2. The number of hydrogen-bond donors (Lipinski definition) is 3.